The minimum Gasteiger partial charge on any atom is -0.395 e. The Morgan fingerprint density at radius 3 is 2.70 bits per heavy atom. The molecule has 0 aromatic heterocycles. The van der Waals surface area contributed by atoms with Gasteiger partial charge in [-0.15, -0.1) is 0 Å². The van der Waals surface area contributed by atoms with E-state index in [-0.39, 0.29) is 24.1 Å². The monoisotopic (exact) mass is 295 g/mol. The molecule has 0 saturated carbocycles. The Hall–Kier alpha value is -0.570. The zero-order valence-corrected chi connectivity index (χ0v) is 13.7. The molecule has 2 N–H and O–H groups in total. The predicted molar refractivity (Wildman–Crippen MR) is 85.1 cm³/mol. The Balaban J connectivity index is 2.23. The molecule has 2 rings (SSSR count). The Morgan fingerprint density at radius 1 is 1.40 bits per heavy atom. The SMILES string of the molecule is CC(C)CC(CO)NC1c2cc(Cl)ccc2CC1(C)C. The maximum absolute atomic E-state index is 9.62. The number of rotatable bonds is 5. The summed E-state index contributed by atoms with van der Waals surface area (Å²) in [5.41, 5.74) is 2.82. The fraction of sp³-hybridized carbons (Fsp3) is 0.647. The first-order valence-electron chi connectivity index (χ1n) is 7.48. The Morgan fingerprint density at radius 2 is 2.10 bits per heavy atom. The summed E-state index contributed by atoms with van der Waals surface area (Å²) in [5.74, 6) is 0.572. The molecule has 2 atom stereocenters. The van der Waals surface area contributed by atoms with Crippen LogP contribution in [0, 0.1) is 11.3 Å². The molecule has 0 saturated heterocycles. The van der Waals surface area contributed by atoms with Gasteiger partial charge in [0.1, 0.15) is 0 Å². The van der Waals surface area contributed by atoms with Crippen LogP contribution in [0.15, 0.2) is 18.2 Å². The summed E-state index contributed by atoms with van der Waals surface area (Å²) in [6.07, 6.45) is 2.04. The highest BCUT2D eigenvalue weighted by atomic mass is 35.5. The average molecular weight is 296 g/mol. The number of halogens is 1. The van der Waals surface area contributed by atoms with E-state index in [0.717, 1.165) is 17.9 Å². The Bertz CT molecular complexity index is 470. The van der Waals surface area contributed by atoms with Gasteiger partial charge in [0, 0.05) is 17.1 Å². The van der Waals surface area contributed by atoms with Gasteiger partial charge >= 0.3 is 0 Å². The molecule has 2 unspecified atom stereocenters. The predicted octanol–water partition coefficient (Wildman–Crippen LogP) is 3.96. The van der Waals surface area contributed by atoms with Crippen molar-refractivity contribution in [1.29, 1.82) is 0 Å². The van der Waals surface area contributed by atoms with E-state index in [1.54, 1.807) is 0 Å². The van der Waals surface area contributed by atoms with Gasteiger partial charge in [-0.2, -0.15) is 0 Å². The highest BCUT2D eigenvalue weighted by Crippen LogP contribution is 2.46. The van der Waals surface area contributed by atoms with Gasteiger partial charge in [0.15, 0.2) is 0 Å². The first kappa shape index (κ1) is 15.8. The van der Waals surface area contributed by atoms with Gasteiger partial charge in [0.2, 0.25) is 0 Å². The number of aliphatic hydroxyl groups is 1. The van der Waals surface area contributed by atoms with Gasteiger partial charge in [0.25, 0.3) is 0 Å². The average Bonchev–Trinajstić information content (AvgIpc) is 2.59. The molecule has 0 bridgehead atoms. The van der Waals surface area contributed by atoms with Gasteiger partial charge in [-0.25, -0.2) is 0 Å². The van der Waals surface area contributed by atoms with Crippen molar-refractivity contribution in [2.24, 2.45) is 11.3 Å². The summed E-state index contributed by atoms with van der Waals surface area (Å²) in [6.45, 7) is 9.12. The van der Waals surface area contributed by atoms with Crippen LogP contribution in [-0.2, 0) is 6.42 Å². The van der Waals surface area contributed by atoms with Crippen molar-refractivity contribution in [3.8, 4) is 0 Å². The van der Waals surface area contributed by atoms with Crippen LogP contribution in [0.4, 0.5) is 0 Å². The number of hydrogen-bond acceptors (Lipinski definition) is 2. The zero-order valence-electron chi connectivity index (χ0n) is 12.9. The Kier molecular flexibility index (Phi) is 4.78. The summed E-state index contributed by atoms with van der Waals surface area (Å²) >= 11 is 6.16. The van der Waals surface area contributed by atoms with E-state index in [0.29, 0.717) is 5.92 Å². The van der Waals surface area contributed by atoms with E-state index in [4.69, 9.17) is 11.6 Å². The van der Waals surface area contributed by atoms with E-state index in [2.05, 4.69) is 45.1 Å². The molecule has 0 spiro atoms. The largest absolute Gasteiger partial charge is 0.395 e. The standard InChI is InChI=1S/C17H26ClNO/c1-11(2)7-14(10-20)19-16-15-8-13(18)6-5-12(15)9-17(16,3)4/h5-6,8,11,14,16,19-20H,7,9-10H2,1-4H3. The second-order valence-electron chi connectivity index (χ2n) is 7.12. The lowest BCUT2D eigenvalue weighted by Crippen LogP contribution is -2.41. The molecule has 20 heavy (non-hydrogen) atoms. The number of fused-ring (bicyclic) bond motifs is 1. The number of nitrogens with one attached hydrogen (secondary N) is 1. The molecular formula is C17H26ClNO. The third-order valence-electron chi connectivity index (χ3n) is 4.23. The lowest BCUT2D eigenvalue weighted by atomic mass is 9.84. The molecule has 0 amide bonds. The molecule has 3 heteroatoms. The second-order valence-corrected chi connectivity index (χ2v) is 7.55. The van der Waals surface area contributed by atoms with E-state index >= 15 is 0 Å². The van der Waals surface area contributed by atoms with Crippen molar-refractivity contribution in [3.63, 3.8) is 0 Å². The molecule has 1 aliphatic carbocycles. The van der Waals surface area contributed by atoms with Gasteiger partial charge < -0.3 is 10.4 Å². The van der Waals surface area contributed by atoms with Crippen LogP contribution in [0.5, 0.6) is 0 Å². The van der Waals surface area contributed by atoms with Crippen molar-refractivity contribution >= 4 is 11.6 Å². The lowest BCUT2D eigenvalue weighted by molar-refractivity contribution is 0.176. The highest BCUT2D eigenvalue weighted by Gasteiger charge is 2.39. The first-order chi connectivity index (χ1) is 9.33. The smallest absolute Gasteiger partial charge is 0.0584 e. The normalized spacial score (nSPS) is 22.1. The zero-order chi connectivity index (χ0) is 14.9. The maximum atomic E-state index is 9.62. The van der Waals surface area contributed by atoms with Crippen LogP contribution in [-0.4, -0.2) is 17.8 Å². The van der Waals surface area contributed by atoms with Crippen LogP contribution in [0.3, 0.4) is 0 Å². The lowest BCUT2D eigenvalue weighted by Gasteiger charge is -2.32. The Labute approximate surface area is 127 Å². The quantitative estimate of drug-likeness (QED) is 0.862. The van der Waals surface area contributed by atoms with Crippen LogP contribution >= 0.6 is 11.6 Å². The molecule has 112 valence electrons. The number of aliphatic hydroxyl groups excluding tert-OH is 1. The summed E-state index contributed by atoms with van der Waals surface area (Å²) in [7, 11) is 0. The van der Waals surface area contributed by atoms with Crippen molar-refractivity contribution < 1.29 is 5.11 Å². The fourth-order valence-corrected chi connectivity index (χ4v) is 3.51. The molecule has 0 aliphatic heterocycles. The summed E-state index contributed by atoms with van der Waals surface area (Å²) < 4.78 is 0. The van der Waals surface area contributed by atoms with Gasteiger partial charge in [-0.05, 0) is 47.4 Å². The van der Waals surface area contributed by atoms with E-state index < -0.39 is 0 Å². The first-order valence-corrected chi connectivity index (χ1v) is 7.86. The van der Waals surface area contributed by atoms with E-state index in [1.807, 2.05) is 6.07 Å². The number of hydrogen-bond donors (Lipinski definition) is 2. The van der Waals surface area contributed by atoms with Crippen molar-refractivity contribution in [3.05, 3.63) is 34.3 Å². The molecule has 2 nitrogen and oxygen atoms in total. The van der Waals surface area contributed by atoms with Crippen molar-refractivity contribution in [2.45, 2.75) is 52.6 Å². The molecule has 0 heterocycles. The minimum atomic E-state index is 0.143. The molecule has 1 aromatic carbocycles. The minimum absolute atomic E-state index is 0.143. The fourth-order valence-electron chi connectivity index (χ4n) is 3.32. The summed E-state index contributed by atoms with van der Waals surface area (Å²) in [6, 6.07) is 6.58. The van der Waals surface area contributed by atoms with Crippen LogP contribution < -0.4 is 5.32 Å². The summed E-state index contributed by atoms with van der Waals surface area (Å²) in [4.78, 5) is 0. The highest BCUT2D eigenvalue weighted by molar-refractivity contribution is 6.30. The number of benzene rings is 1. The maximum Gasteiger partial charge on any atom is 0.0584 e. The second kappa shape index (κ2) is 6.05. The van der Waals surface area contributed by atoms with Crippen molar-refractivity contribution in [1.82, 2.24) is 5.32 Å². The third-order valence-corrected chi connectivity index (χ3v) is 4.46. The van der Waals surface area contributed by atoms with E-state index in [9.17, 15) is 5.11 Å². The van der Waals surface area contributed by atoms with Crippen LogP contribution in [0.25, 0.3) is 0 Å². The van der Waals surface area contributed by atoms with Gasteiger partial charge in [0.05, 0.1) is 6.61 Å². The molecule has 0 fully saturated rings. The topological polar surface area (TPSA) is 32.3 Å². The van der Waals surface area contributed by atoms with Gasteiger partial charge in [-0.1, -0.05) is 45.4 Å². The van der Waals surface area contributed by atoms with Crippen molar-refractivity contribution in [2.75, 3.05) is 6.61 Å². The molecule has 1 aromatic rings. The van der Waals surface area contributed by atoms with E-state index in [1.165, 1.54) is 11.1 Å². The van der Waals surface area contributed by atoms with Crippen LogP contribution in [0.2, 0.25) is 5.02 Å². The summed E-state index contributed by atoms with van der Waals surface area (Å²) in [5, 5.41) is 14.1. The molecule has 0 radical (unpaired) electrons. The van der Waals surface area contributed by atoms with Crippen LogP contribution in [0.1, 0.15) is 51.3 Å². The third kappa shape index (κ3) is 3.36. The molecule has 1 aliphatic rings. The molecular weight excluding hydrogens is 270 g/mol. The van der Waals surface area contributed by atoms with Gasteiger partial charge in [-0.3, -0.25) is 0 Å².